The molecular weight excluding hydrogens is 228 g/mol. The maximum atomic E-state index is 11.1. The lowest BCUT2D eigenvalue weighted by molar-refractivity contribution is 0.0694. The Balaban J connectivity index is 2.84. The molecule has 0 atom stereocenters. The van der Waals surface area contributed by atoms with E-state index >= 15 is 0 Å². The van der Waals surface area contributed by atoms with E-state index < -0.39 is 5.97 Å². The molecule has 0 saturated carbocycles. The van der Waals surface area contributed by atoms with Crippen molar-refractivity contribution in [3.63, 3.8) is 0 Å². The minimum atomic E-state index is -1.09. The fourth-order valence-corrected chi connectivity index (χ4v) is 2.20. The first-order chi connectivity index (χ1) is 8.58. The van der Waals surface area contributed by atoms with Crippen molar-refractivity contribution in [3.8, 4) is 5.75 Å². The van der Waals surface area contributed by atoms with Crippen molar-refractivity contribution in [2.24, 2.45) is 0 Å². The monoisotopic (exact) mass is 244 g/mol. The van der Waals surface area contributed by atoms with Gasteiger partial charge in [0.1, 0.15) is 11.3 Å². The molecule has 2 aromatic carbocycles. The van der Waals surface area contributed by atoms with Crippen molar-refractivity contribution in [2.75, 3.05) is 0 Å². The second-order valence-corrected chi connectivity index (χ2v) is 4.32. The Morgan fingerprint density at radius 1 is 1.11 bits per heavy atom. The van der Waals surface area contributed by atoms with Crippen molar-refractivity contribution >= 4 is 16.7 Å². The topological polar surface area (TPSA) is 57.5 Å². The van der Waals surface area contributed by atoms with Crippen LogP contribution in [0.25, 0.3) is 10.8 Å². The number of phenols is 1. The quantitative estimate of drug-likeness (QED) is 0.870. The molecule has 0 aliphatic heterocycles. The fourth-order valence-electron chi connectivity index (χ4n) is 2.20. The number of hydrogen-bond acceptors (Lipinski definition) is 2. The molecule has 0 bridgehead atoms. The highest BCUT2D eigenvalue weighted by Crippen LogP contribution is 2.32. The second kappa shape index (κ2) is 4.69. The van der Waals surface area contributed by atoms with Gasteiger partial charge in [0.2, 0.25) is 0 Å². The summed E-state index contributed by atoms with van der Waals surface area (Å²) in [5, 5.41) is 20.7. The van der Waals surface area contributed by atoms with Crippen LogP contribution in [0.3, 0.4) is 0 Å². The Bertz CT molecular complexity index is 615. The summed E-state index contributed by atoms with van der Waals surface area (Å²) in [7, 11) is 0. The van der Waals surface area contributed by atoms with Gasteiger partial charge in [0, 0.05) is 5.39 Å². The third-order valence-electron chi connectivity index (χ3n) is 3.28. The molecular formula is C15H16O3. The Labute approximate surface area is 106 Å². The maximum Gasteiger partial charge on any atom is 0.339 e. The Hall–Kier alpha value is -2.03. The first-order valence-electron chi connectivity index (χ1n) is 6.09. The van der Waals surface area contributed by atoms with Crippen LogP contribution in [-0.4, -0.2) is 16.2 Å². The molecule has 0 amide bonds. The number of benzene rings is 2. The van der Waals surface area contributed by atoms with Gasteiger partial charge < -0.3 is 10.2 Å². The molecule has 0 unspecified atom stereocenters. The number of rotatable bonds is 3. The number of carboxylic acid groups (broad SMARTS) is 1. The van der Waals surface area contributed by atoms with Gasteiger partial charge in [-0.1, -0.05) is 32.0 Å². The molecule has 0 spiro atoms. The van der Waals surface area contributed by atoms with E-state index in [4.69, 9.17) is 5.11 Å². The van der Waals surface area contributed by atoms with Gasteiger partial charge in [-0.25, -0.2) is 4.79 Å². The molecule has 0 aromatic heterocycles. The van der Waals surface area contributed by atoms with Crippen molar-refractivity contribution < 1.29 is 15.0 Å². The Morgan fingerprint density at radius 2 is 1.83 bits per heavy atom. The van der Waals surface area contributed by atoms with Crippen molar-refractivity contribution in [3.05, 3.63) is 41.0 Å². The van der Waals surface area contributed by atoms with E-state index in [1.165, 1.54) is 5.56 Å². The zero-order valence-corrected chi connectivity index (χ0v) is 10.5. The molecule has 2 N–H and O–H groups in total. The first kappa shape index (κ1) is 12.4. The highest BCUT2D eigenvalue weighted by molar-refractivity contribution is 6.02. The standard InChI is InChI=1S/C15H16O3/c1-3-9-5-6-11-12(7-9)10(4-2)8-13(14(11)16)15(17)18/h5-8,16H,3-4H2,1-2H3,(H,17,18). The van der Waals surface area contributed by atoms with E-state index in [1.54, 1.807) is 12.1 Å². The van der Waals surface area contributed by atoms with Crippen LogP contribution in [0.4, 0.5) is 0 Å². The van der Waals surface area contributed by atoms with E-state index in [0.717, 1.165) is 23.8 Å². The number of hydrogen-bond donors (Lipinski definition) is 2. The van der Waals surface area contributed by atoms with Crippen LogP contribution in [0.15, 0.2) is 24.3 Å². The zero-order valence-electron chi connectivity index (χ0n) is 10.5. The van der Waals surface area contributed by atoms with Crippen molar-refractivity contribution in [1.29, 1.82) is 0 Å². The summed E-state index contributed by atoms with van der Waals surface area (Å²) in [6.07, 6.45) is 1.66. The molecule has 94 valence electrons. The molecule has 2 rings (SSSR count). The van der Waals surface area contributed by atoms with E-state index in [0.29, 0.717) is 5.39 Å². The predicted octanol–water partition coefficient (Wildman–Crippen LogP) is 3.37. The lowest BCUT2D eigenvalue weighted by Gasteiger charge is -2.11. The Morgan fingerprint density at radius 3 is 2.39 bits per heavy atom. The van der Waals surface area contributed by atoms with Gasteiger partial charge in [-0.05, 0) is 35.4 Å². The molecule has 18 heavy (non-hydrogen) atoms. The van der Waals surface area contributed by atoms with Gasteiger partial charge >= 0.3 is 5.97 Å². The maximum absolute atomic E-state index is 11.1. The minimum absolute atomic E-state index is 0.0244. The van der Waals surface area contributed by atoms with Gasteiger partial charge in [-0.2, -0.15) is 0 Å². The van der Waals surface area contributed by atoms with E-state index in [1.807, 2.05) is 19.1 Å². The number of carbonyl (C=O) groups is 1. The minimum Gasteiger partial charge on any atom is -0.506 e. The van der Waals surface area contributed by atoms with Crippen LogP contribution in [-0.2, 0) is 12.8 Å². The summed E-state index contributed by atoms with van der Waals surface area (Å²) in [6.45, 7) is 4.05. The summed E-state index contributed by atoms with van der Waals surface area (Å²) in [4.78, 5) is 11.1. The summed E-state index contributed by atoms with van der Waals surface area (Å²) in [5.41, 5.74) is 2.11. The molecule has 0 fully saturated rings. The van der Waals surface area contributed by atoms with E-state index in [9.17, 15) is 9.90 Å². The number of aryl methyl sites for hydroxylation is 2. The van der Waals surface area contributed by atoms with Gasteiger partial charge in [-0.3, -0.25) is 0 Å². The summed E-state index contributed by atoms with van der Waals surface area (Å²) < 4.78 is 0. The predicted molar refractivity (Wildman–Crippen MR) is 71.3 cm³/mol. The molecule has 0 aliphatic rings. The fraction of sp³-hybridized carbons (Fsp3) is 0.267. The van der Waals surface area contributed by atoms with Gasteiger partial charge in [0.05, 0.1) is 0 Å². The van der Waals surface area contributed by atoms with Crippen molar-refractivity contribution in [1.82, 2.24) is 0 Å². The molecule has 3 heteroatoms. The summed E-state index contributed by atoms with van der Waals surface area (Å²) >= 11 is 0. The Kier molecular flexibility index (Phi) is 3.24. The van der Waals surface area contributed by atoms with Crippen molar-refractivity contribution in [2.45, 2.75) is 26.7 Å². The van der Waals surface area contributed by atoms with Gasteiger partial charge in [0.15, 0.2) is 0 Å². The molecule has 0 radical (unpaired) electrons. The van der Waals surface area contributed by atoms with E-state index in [-0.39, 0.29) is 11.3 Å². The highest BCUT2D eigenvalue weighted by Gasteiger charge is 2.15. The van der Waals surface area contributed by atoms with Crippen LogP contribution < -0.4 is 0 Å². The number of carboxylic acids is 1. The van der Waals surface area contributed by atoms with Gasteiger partial charge in [-0.15, -0.1) is 0 Å². The SMILES string of the molecule is CCc1ccc2c(O)c(C(=O)O)cc(CC)c2c1. The number of aromatic hydroxyl groups is 1. The van der Waals surface area contributed by atoms with Crippen LogP contribution >= 0.6 is 0 Å². The average molecular weight is 244 g/mol. The zero-order chi connectivity index (χ0) is 13.3. The average Bonchev–Trinajstić information content (AvgIpc) is 2.38. The number of aromatic carboxylic acids is 1. The van der Waals surface area contributed by atoms with Crippen LogP contribution in [0.2, 0.25) is 0 Å². The largest absolute Gasteiger partial charge is 0.506 e. The van der Waals surface area contributed by atoms with Gasteiger partial charge in [0.25, 0.3) is 0 Å². The summed E-state index contributed by atoms with van der Waals surface area (Å²) in [6, 6.07) is 7.32. The lowest BCUT2D eigenvalue weighted by Crippen LogP contribution is -2.00. The van der Waals surface area contributed by atoms with Crippen LogP contribution in [0.1, 0.15) is 35.3 Å². The third kappa shape index (κ3) is 1.92. The smallest absolute Gasteiger partial charge is 0.339 e. The second-order valence-electron chi connectivity index (χ2n) is 4.32. The van der Waals surface area contributed by atoms with E-state index in [2.05, 4.69) is 6.92 Å². The molecule has 0 saturated heterocycles. The lowest BCUT2D eigenvalue weighted by atomic mass is 9.96. The summed E-state index contributed by atoms with van der Waals surface area (Å²) in [5.74, 6) is -1.24. The highest BCUT2D eigenvalue weighted by atomic mass is 16.4. The molecule has 0 heterocycles. The molecule has 0 aliphatic carbocycles. The molecule has 2 aromatic rings. The third-order valence-corrected chi connectivity index (χ3v) is 3.28. The van der Waals surface area contributed by atoms with Crippen LogP contribution in [0, 0.1) is 0 Å². The molecule has 3 nitrogen and oxygen atoms in total. The van der Waals surface area contributed by atoms with Crippen LogP contribution in [0.5, 0.6) is 5.75 Å². The normalized spacial score (nSPS) is 10.8. The number of fused-ring (bicyclic) bond motifs is 1. The first-order valence-corrected chi connectivity index (χ1v) is 6.09.